The van der Waals surface area contributed by atoms with Gasteiger partial charge in [0.1, 0.15) is 5.54 Å². The number of aromatic nitrogens is 2. The van der Waals surface area contributed by atoms with Crippen LogP contribution in [0, 0.1) is 0 Å². The summed E-state index contributed by atoms with van der Waals surface area (Å²) in [6.45, 7) is 0. The first-order valence-electron chi connectivity index (χ1n) is 8.92. The van der Waals surface area contributed by atoms with E-state index in [0.29, 0.717) is 0 Å². The Morgan fingerprint density at radius 1 is 0.714 bits per heavy atom. The summed E-state index contributed by atoms with van der Waals surface area (Å²) in [4.78, 5) is 0. The van der Waals surface area contributed by atoms with Crippen molar-refractivity contribution in [2.75, 3.05) is 0 Å². The molecule has 2 N–H and O–H groups in total. The largest absolute Gasteiger partial charge is 0.493 e. The smallest absolute Gasteiger partial charge is 0.423 e. The molecule has 1 aromatic heterocycles. The Bertz CT molecular complexity index is 957. The van der Waals surface area contributed by atoms with Gasteiger partial charge in [0.25, 0.3) is 0 Å². The van der Waals surface area contributed by atoms with Crippen LogP contribution in [0.4, 0.5) is 0 Å². The number of nitrogens with zero attached hydrogens (tertiary/aromatic N) is 2. The lowest BCUT2D eigenvalue weighted by molar-refractivity contribution is 0.425. The van der Waals surface area contributed by atoms with Crippen LogP contribution in [0.5, 0.6) is 0 Å². The monoisotopic (exact) mass is 388 g/mol. The van der Waals surface area contributed by atoms with Crippen molar-refractivity contribution in [2.24, 2.45) is 0 Å². The van der Waals surface area contributed by atoms with Crippen LogP contribution in [-0.4, -0.2) is 26.9 Å². The van der Waals surface area contributed by atoms with Gasteiger partial charge in [-0.3, -0.25) is 4.68 Å². The molecule has 0 saturated carbocycles. The summed E-state index contributed by atoms with van der Waals surface area (Å²) in [5.41, 5.74) is 2.26. The Kier molecular flexibility index (Phi) is 5.05. The highest BCUT2D eigenvalue weighted by molar-refractivity contribution is 6.62. The maximum absolute atomic E-state index is 9.71. The summed E-state index contributed by atoms with van der Waals surface area (Å²) in [5.74, 6) is 0. The molecule has 0 radical (unpaired) electrons. The van der Waals surface area contributed by atoms with E-state index >= 15 is 0 Å². The van der Waals surface area contributed by atoms with Gasteiger partial charge in [-0.2, -0.15) is 5.10 Å². The molecule has 138 valence electrons. The fourth-order valence-corrected chi connectivity index (χ4v) is 3.87. The third kappa shape index (κ3) is 3.04. The lowest BCUT2D eigenvalue weighted by Crippen LogP contribution is -2.39. The molecule has 0 spiro atoms. The fourth-order valence-electron chi connectivity index (χ4n) is 3.65. The number of hydrogen-bond acceptors (Lipinski definition) is 3. The topological polar surface area (TPSA) is 58.3 Å². The molecular formula is C22H18BClN2O2. The Hall–Kier alpha value is -2.86. The first kappa shape index (κ1) is 18.5. The van der Waals surface area contributed by atoms with Gasteiger partial charge in [-0.15, -0.1) is 0 Å². The molecule has 0 unspecified atom stereocenters. The van der Waals surface area contributed by atoms with Crippen molar-refractivity contribution < 1.29 is 10.0 Å². The van der Waals surface area contributed by atoms with Gasteiger partial charge in [-0.05, 0) is 16.7 Å². The third-order valence-corrected chi connectivity index (χ3v) is 5.19. The molecule has 0 fully saturated rings. The molecule has 0 aliphatic rings. The van der Waals surface area contributed by atoms with E-state index in [1.165, 1.54) is 0 Å². The minimum Gasteiger partial charge on any atom is -0.423 e. The Morgan fingerprint density at radius 2 is 1.11 bits per heavy atom. The maximum atomic E-state index is 9.71. The van der Waals surface area contributed by atoms with Gasteiger partial charge in [-0.25, -0.2) is 0 Å². The van der Waals surface area contributed by atoms with Gasteiger partial charge in [0.05, 0.1) is 0 Å². The van der Waals surface area contributed by atoms with E-state index < -0.39 is 12.7 Å². The number of hydrogen-bond donors (Lipinski definition) is 2. The Labute approximate surface area is 168 Å². The molecule has 0 aliphatic carbocycles. The van der Waals surface area contributed by atoms with E-state index in [4.69, 9.17) is 11.6 Å². The predicted molar refractivity (Wildman–Crippen MR) is 112 cm³/mol. The molecule has 4 nitrogen and oxygen atoms in total. The van der Waals surface area contributed by atoms with Gasteiger partial charge in [-0.1, -0.05) is 103 Å². The van der Waals surface area contributed by atoms with Gasteiger partial charge < -0.3 is 10.0 Å². The van der Waals surface area contributed by atoms with Gasteiger partial charge in [0.15, 0.2) is 5.15 Å². The van der Waals surface area contributed by atoms with Crippen LogP contribution in [0.2, 0.25) is 5.15 Å². The van der Waals surface area contributed by atoms with Crippen molar-refractivity contribution in [3.63, 3.8) is 0 Å². The first-order valence-corrected chi connectivity index (χ1v) is 9.30. The van der Waals surface area contributed by atoms with E-state index in [1.807, 2.05) is 91.0 Å². The maximum Gasteiger partial charge on any atom is 0.493 e. The minimum atomic E-state index is -1.71. The SMILES string of the molecule is OB(O)c1cn(C(c2ccccc2)(c2ccccc2)c2ccccc2)nc1Cl. The molecule has 4 rings (SSSR count). The minimum absolute atomic E-state index is 0.0576. The van der Waals surface area contributed by atoms with Crippen LogP contribution in [0.15, 0.2) is 97.2 Å². The third-order valence-electron chi connectivity index (χ3n) is 4.89. The molecule has 0 saturated heterocycles. The van der Waals surface area contributed by atoms with E-state index in [9.17, 15) is 10.0 Å². The highest BCUT2D eigenvalue weighted by Crippen LogP contribution is 2.40. The number of rotatable bonds is 5. The summed E-state index contributed by atoms with van der Waals surface area (Å²) in [6.07, 6.45) is 1.60. The Balaban J connectivity index is 2.12. The van der Waals surface area contributed by atoms with E-state index in [-0.39, 0.29) is 10.6 Å². The standard InChI is InChI=1S/C22H18BClN2O2/c24-21-20(23(27)28)16-26(25-21)22(17-10-4-1-5-11-17,18-12-6-2-7-13-18)19-14-8-3-9-15-19/h1-16,27-28H. The lowest BCUT2D eigenvalue weighted by atomic mass is 9.76. The molecule has 4 aromatic rings. The zero-order chi connectivity index (χ0) is 19.6. The summed E-state index contributed by atoms with van der Waals surface area (Å²) in [5, 5.41) is 24.0. The average Bonchev–Trinajstić information content (AvgIpc) is 3.13. The number of benzene rings is 3. The molecule has 0 bridgehead atoms. The summed E-state index contributed by atoms with van der Waals surface area (Å²) in [6, 6.07) is 29.9. The molecule has 0 amide bonds. The fraction of sp³-hybridized carbons (Fsp3) is 0.0455. The summed E-state index contributed by atoms with van der Waals surface area (Å²) < 4.78 is 1.71. The van der Waals surface area contributed by atoms with Crippen molar-refractivity contribution in [3.05, 3.63) is 119 Å². The molecular weight excluding hydrogens is 371 g/mol. The molecule has 28 heavy (non-hydrogen) atoms. The molecule has 0 aliphatic heterocycles. The second-order valence-electron chi connectivity index (χ2n) is 6.50. The van der Waals surface area contributed by atoms with Crippen LogP contribution < -0.4 is 5.46 Å². The van der Waals surface area contributed by atoms with Crippen LogP contribution in [0.25, 0.3) is 0 Å². The van der Waals surface area contributed by atoms with Crippen LogP contribution in [0.3, 0.4) is 0 Å². The van der Waals surface area contributed by atoms with Crippen LogP contribution >= 0.6 is 11.6 Å². The molecule has 0 atom stereocenters. The molecule has 3 aromatic carbocycles. The van der Waals surface area contributed by atoms with Crippen molar-refractivity contribution in [2.45, 2.75) is 5.54 Å². The van der Waals surface area contributed by atoms with Crippen molar-refractivity contribution in [1.82, 2.24) is 9.78 Å². The quantitative estimate of drug-likeness (QED) is 0.408. The molecule has 6 heteroatoms. The van der Waals surface area contributed by atoms with Crippen molar-refractivity contribution >= 4 is 24.2 Å². The van der Waals surface area contributed by atoms with E-state index in [0.717, 1.165) is 16.7 Å². The lowest BCUT2D eigenvalue weighted by Gasteiger charge is -2.36. The van der Waals surface area contributed by atoms with E-state index in [2.05, 4.69) is 5.10 Å². The summed E-state index contributed by atoms with van der Waals surface area (Å²) in [7, 11) is -1.71. The highest BCUT2D eigenvalue weighted by atomic mass is 35.5. The van der Waals surface area contributed by atoms with Crippen molar-refractivity contribution in [3.8, 4) is 0 Å². The molecule has 1 heterocycles. The van der Waals surface area contributed by atoms with Crippen molar-refractivity contribution in [1.29, 1.82) is 0 Å². The number of halogens is 1. The van der Waals surface area contributed by atoms with Crippen LogP contribution in [-0.2, 0) is 5.54 Å². The second-order valence-corrected chi connectivity index (χ2v) is 6.86. The van der Waals surface area contributed by atoms with Gasteiger partial charge >= 0.3 is 7.12 Å². The summed E-state index contributed by atoms with van der Waals surface area (Å²) >= 11 is 6.26. The highest BCUT2D eigenvalue weighted by Gasteiger charge is 2.40. The van der Waals surface area contributed by atoms with Gasteiger partial charge in [0.2, 0.25) is 0 Å². The van der Waals surface area contributed by atoms with E-state index in [1.54, 1.807) is 10.9 Å². The van der Waals surface area contributed by atoms with Gasteiger partial charge in [0, 0.05) is 11.7 Å². The van der Waals surface area contributed by atoms with Crippen LogP contribution in [0.1, 0.15) is 16.7 Å². The predicted octanol–water partition coefficient (Wildman–Crippen LogP) is 3.06. The Morgan fingerprint density at radius 3 is 1.43 bits per heavy atom. The normalized spacial score (nSPS) is 11.4. The second kappa shape index (κ2) is 7.64. The zero-order valence-electron chi connectivity index (χ0n) is 15.0. The average molecular weight is 389 g/mol. The zero-order valence-corrected chi connectivity index (χ0v) is 15.7. The first-order chi connectivity index (χ1) is 13.6.